The first-order chi connectivity index (χ1) is 15.0. The highest BCUT2D eigenvalue weighted by Gasteiger charge is 2.25. The Labute approximate surface area is 191 Å². The van der Waals surface area contributed by atoms with Crippen LogP contribution < -0.4 is 14.2 Å². The molecule has 0 radical (unpaired) electrons. The number of carbonyl (C=O) groups is 1. The SMILES string of the molecule is CCC(Oc1c(C(=O)Cc2c(Cl)cncc2Cl)ccc(OC)c1OC)c1ccccc1. The van der Waals surface area contributed by atoms with Gasteiger partial charge in [0.2, 0.25) is 5.75 Å². The molecule has 0 aliphatic heterocycles. The molecule has 0 saturated heterocycles. The Balaban J connectivity index is 2.05. The number of rotatable bonds is 9. The zero-order valence-corrected chi connectivity index (χ0v) is 19.0. The van der Waals surface area contributed by atoms with E-state index >= 15 is 0 Å². The largest absolute Gasteiger partial charge is 0.493 e. The van der Waals surface area contributed by atoms with Crippen molar-refractivity contribution in [2.24, 2.45) is 0 Å². The average molecular weight is 460 g/mol. The normalized spacial score (nSPS) is 11.6. The topological polar surface area (TPSA) is 57.7 Å². The van der Waals surface area contributed by atoms with Gasteiger partial charge in [0.15, 0.2) is 17.3 Å². The number of methoxy groups -OCH3 is 2. The van der Waals surface area contributed by atoms with Gasteiger partial charge in [-0.3, -0.25) is 9.78 Å². The van der Waals surface area contributed by atoms with E-state index in [1.165, 1.54) is 26.6 Å². The maximum atomic E-state index is 13.3. The Kier molecular flexibility index (Phi) is 7.77. The lowest BCUT2D eigenvalue weighted by molar-refractivity contribution is 0.0983. The fraction of sp³-hybridized carbons (Fsp3) is 0.250. The predicted molar refractivity (Wildman–Crippen MR) is 122 cm³/mol. The lowest BCUT2D eigenvalue weighted by Gasteiger charge is -2.23. The number of halogens is 2. The standard InChI is InChI=1S/C24H23Cl2NO4/c1-4-21(15-8-6-5-7-9-15)31-23-16(10-11-22(29-2)24(23)30-3)20(28)12-17-18(25)13-27-14-19(17)26/h5-11,13-14,21H,4,12H2,1-3H3. The number of aromatic nitrogens is 1. The fourth-order valence-corrected chi connectivity index (χ4v) is 3.79. The number of benzene rings is 2. The van der Waals surface area contributed by atoms with E-state index < -0.39 is 0 Å². The van der Waals surface area contributed by atoms with Gasteiger partial charge < -0.3 is 14.2 Å². The summed E-state index contributed by atoms with van der Waals surface area (Å²) in [5, 5.41) is 0.666. The summed E-state index contributed by atoms with van der Waals surface area (Å²) in [7, 11) is 3.05. The molecule has 1 aromatic heterocycles. The van der Waals surface area contributed by atoms with Gasteiger partial charge in [0.25, 0.3) is 0 Å². The number of pyridine rings is 1. The summed E-state index contributed by atoms with van der Waals surface area (Å²) < 4.78 is 17.4. The number of ketones is 1. The van der Waals surface area contributed by atoms with Crippen molar-refractivity contribution in [1.29, 1.82) is 0 Å². The molecule has 5 nitrogen and oxygen atoms in total. The zero-order chi connectivity index (χ0) is 22.4. The summed E-state index contributed by atoms with van der Waals surface area (Å²) >= 11 is 12.4. The van der Waals surface area contributed by atoms with Gasteiger partial charge in [0.05, 0.1) is 29.8 Å². The summed E-state index contributed by atoms with van der Waals surface area (Å²) in [4.78, 5) is 17.2. The van der Waals surface area contributed by atoms with Crippen LogP contribution in [0.5, 0.6) is 17.2 Å². The van der Waals surface area contributed by atoms with Gasteiger partial charge in [-0.2, -0.15) is 0 Å². The fourth-order valence-electron chi connectivity index (χ4n) is 3.29. The van der Waals surface area contributed by atoms with Crippen molar-refractivity contribution in [2.75, 3.05) is 14.2 Å². The maximum absolute atomic E-state index is 13.3. The van der Waals surface area contributed by atoms with Crippen LogP contribution in [-0.2, 0) is 6.42 Å². The first-order valence-electron chi connectivity index (χ1n) is 9.77. The molecule has 162 valence electrons. The van der Waals surface area contributed by atoms with Crippen LogP contribution in [-0.4, -0.2) is 25.0 Å². The Hall–Kier alpha value is -2.76. The average Bonchev–Trinajstić information content (AvgIpc) is 2.79. The molecule has 0 amide bonds. The quantitative estimate of drug-likeness (QED) is 0.348. The minimum atomic E-state index is -0.276. The van der Waals surface area contributed by atoms with Crippen molar-refractivity contribution < 1.29 is 19.0 Å². The summed E-state index contributed by atoms with van der Waals surface area (Å²) in [6.45, 7) is 2.02. The second-order valence-corrected chi connectivity index (χ2v) is 7.60. The van der Waals surface area contributed by atoms with E-state index in [2.05, 4.69) is 4.98 Å². The molecule has 0 aliphatic carbocycles. The Bertz CT molecular complexity index is 1040. The van der Waals surface area contributed by atoms with Gasteiger partial charge in [-0.05, 0) is 24.1 Å². The summed E-state index contributed by atoms with van der Waals surface area (Å²) in [5.74, 6) is 0.935. The van der Waals surface area contributed by atoms with Gasteiger partial charge >= 0.3 is 0 Å². The number of hydrogen-bond acceptors (Lipinski definition) is 5. The highest BCUT2D eigenvalue weighted by atomic mass is 35.5. The van der Waals surface area contributed by atoms with Crippen LogP contribution in [0.4, 0.5) is 0 Å². The number of nitrogens with zero attached hydrogens (tertiary/aromatic N) is 1. The van der Waals surface area contributed by atoms with Crippen molar-refractivity contribution in [3.63, 3.8) is 0 Å². The van der Waals surface area contributed by atoms with Crippen LogP contribution in [0.2, 0.25) is 10.0 Å². The molecular weight excluding hydrogens is 437 g/mol. The van der Waals surface area contributed by atoms with Crippen LogP contribution >= 0.6 is 23.2 Å². The van der Waals surface area contributed by atoms with E-state index in [1.54, 1.807) is 12.1 Å². The molecule has 0 saturated carbocycles. The molecule has 0 bridgehead atoms. The molecule has 0 aliphatic rings. The third kappa shape index (κ3) is 5.12. The van der Waals surface area contributed by atoms with Crippen molar-refractivity contribution in [2.45, 2.75) is 25.9 Å². The van der Waals surface area contributed by atoms with Gasteiger partial charge in [-0.15, -0.1) is 0 Å². The monoisotopic (exact) mass is 459 g/mol. The molecule has 7 heteroatoms. The lowest BCUT2D eigenvalue weighted by atomic mass is 10.0. The smallest absolute Gasteiger partial charge is 0.204 e. The molecule has 0 fully saturated rings. The van der Waals surface area contributed by atoms with E-state index in [0.717, 1.165) is 5.56 Å². The molecule has 1 unspecified atom stereocenters. The first kappa shape index (κ1) is 22.9. The third-order valence-corrected chi connectivity index (χ3v) is 5.54. The molecule has 3 aromatic rings. The van der Waals surface area contributed by atoms with E-state index in [0.29, 0.717) is 44.8 Å². The zero-order valence-electron chi connectivity index (χ0n) is 17.5. The predicted octanol–water partition coefficient (Wildman–Crippen LogP) is 6.36. The van der Waals surface area contributed by atoms with Crippen LogP contribution in [0.25, 0.3) is 0 Å². The Morgan fingerprint density at radius 3 is 2.23 bits per heavy atom. The van der Waals surface area contributed by atoms with Crippen LogP contribution in [0.15, 0.2) is 54.9 Å². The molecular formula is C24H23Cl2NO4. The second-order valence-electron chi connectivity index (χ2n) is 6.78. The molecule has 3 rings (SSSR count). The molecule has 1 atom stereocenters. The summed E-state index contributed by atoms with van der Waals surface area (Å²) in [5.41, 5.74) is 1.86. The van der Waals surface area contributed by atoms with Crippen molar-refractivity contribution in [3.8, 4) is 17.2 Å². The van der Waals surface area contributed by atoms with E-state index in [9.17, 15) is 4.79 Å². The first-order valence-corrected chi connectivity index (χ1v) is 10.5. The molecule has 0 N–H and O–H groups in total. The van der Waals surface area contributed by atoms with E-state index in [4.69, 9.17) is 37.4 Å². The highest BCUT2D eigenvalue weighted by Crippen LogP contribution is 2.43. The molecule has 2 aromatic carbocycles. The van der Waals surface area contributed by atoms with Crippen LogP contribution in [0, 0.1) is 0 Å². The van der Waals surface area contributed by atoms with Gasteiger partial charge in [0.1, 0.15) is 6.10 Å². The molecule has 1 heterocycles. The highest BCUT2D eigenvalue weighted by molar-refractivity contribution is 6.36. The third-order valence-electron chi connectivity index (χ3n) is 4.89. The Morgan fingerprint density at radius 2 is 1.65 bits per heavy atom. The number of carbonyl (C=O) groups excluding carboxylic acids is 1. The van der Waals surface area contributed by atoms with E-state index in [1.807, 2.05) is 37.3 Å². The van der Waals surface area contributed by atoms with Crippen molar-refractivity contribution in [1.82, 2.24) is 4.98 Å². The van der Waals surface area contributed by atoms with E-state index in [-0.39, 0.29) is 18.3 Å². The van der Waals surface area contributed by atoms with Crippen LogP contribution in [0.1, 0.15) is 40.9 Å². The van der Waals surface area contributed by atoms with Crippen molar-refractivity contribution >= 4 is 29.0 Å². The number of ether oxygens (including phenoxy) is 3. The minimum absolute atomic E-state index is 0.00580. The number of hydrogen-bond donors (Lipinski definition) is 0. The van der Waals surface area contributed by atoms with Gasteiger partial charge in [-0.25, -0.2) is 0 Å². The van der Waals surface area contributed by atoms with Gasteiger partial charge in [0, 0.05) is 24.4 Å². The summed E-state index contributed by atoms with van der Waals surface area (Å²) in [6, 6.07) is 13.2. The lowest BCUT2D eigenvalue weighted by Crippen LogP contribution is -2.13. The minimum Gasteiger partial charge on any atom is -0.493 e. The Morgan fingerprint density at radius 1 is 0.968 bits per heavy atom. The second kappa shape index (κ2) is 10.5. The number of Topliss-reactive ketones (excluding diaryl/α,β-unsaturated/α-hetero) is 1. The summed E-state index contributed by atoms with van der Waals surface area (Å²) in [6.07, 6.45) is 3.34. The molecule has 31 heavy (non-hydrogen) atoms. The van der Waals surface area contributed by atoms with Gasteiger partial charge in [-0.1, -0.05) is 60.5 Å². The molecule has 0 spiro atoms. The van der Waals surface area contributed by atoms with Crippen LogP contribution in [0.3, 0.4) is 0 Å². The maximum Gasteiger partial charge on any atom is 0.204 e. The van der Waals surface area contributed by atoms with Crippen molar-refractivity contribution in [3.05, 3.63) is 81.6 Å².